The van der Waals surface area contributed by atoms with E-state index in [0.717, 1.165) is 70.5 Å². The number of tetrazole rings is 1. The highest BCUT2D eigenvalue weighted by molar-refractivity contribution is 6.02. The molecule has 3 aromatic carbocycles. The van der Waals surface area contributed by atoms with Crippen molar-refractivity contribution in [2.24, 2.45) is 17.6 Å². The number of hydrogen-bond donors (Lipinski definition) is 3. The van der Waals surface area contributed by atoms with Crippen molar-refractivity contribution < 1.29 is 23.5 Å². The van der Waals surface area contributed by atoms with Crippen LogP contribution in [-0.2, 0) is 20.7 Å². The summed E-state index contributed by atoms with van der Waals surface area (Å²) in [6.07, 6.45) is 4.77. The first-order valence-corrected chi connectivity index (χ1v) is 18.4. The van der Waals surface area contributed by atoms with E-state index in [1.165, 1.54) is 0 Å². The van der Waals surface area contributed by atoms with Crippen LogP contribution in [0.3, 0.4) is 0 Å². The molecule has 4 N–H and O–H groups in total. The molecule has 2 heterocycles. The van der Waals surface area contributed by atoms with E-state index in [9.17, 15) is 14.4 Å². The molecule has 1 atom stereocenters. The minimum Gasteiger partial charge on any atom is -0.444 e. The molecule has 2 saturated carbocycles. The van der Waals surface area contributed by atoms with E-state index < -0.39 is 23.6 Å². The SMILES string of the molecule is Cc1cc2oc(C3CC3)nc2cc1-c1ccc(C[C@@H](C(N)=O)N(c2ccc(-c3nnn[nH]3)cc2)C(=O)[C@H]2CC[C@H](CNC(=O)OC(C)(C)C)CC2)cc1. The third kappa shape index (κ3) is 8.40. The Bertz CT molecular complexity index is 2070. The average molecular weight is 719 g/mol. The van der Waals surface area contributed by atoms with Crippen LogP contribution in [0.1, 0.15) is 82.2 Å². The van der Waals surface area contributed by atoms with Gasteiger partial charge in [-0.25, -0.2) is 14.9 Å². The van der Waals surface area contributed by atoms with Gasteiger partial charge in [-0.2, -0.15) is 0 Å². The van der Waals surface area contributed by atoms with Crippen molar-refractivity contribution in [2.75, 3.05) is 11.4 Å². The number of carbonyl (C=O) groups is 3. The van der Waals surface area contributed by atoms with Crippen LogP contribution in [0.15, 0.2) is 65.1 Å². The van der Waals surface area contributed by atoms with E-state index >= 15 is 0 Å². The van der Waals surface area contributed by atoms with E-state index in [1.54, 1.807) is 17.0 Å². The van der Waals surface area contributed by atoms with Crippen molar-refractivity contribution in [3.63, 3.8) is 0 Å². The van der Waals surface area contributed by atoms with Crippen LogP contribution >= 0.6 is 0 Å². The first kappa shape index (κ1) is 35.8. The van der Waals surface area contributed by atoms with Gasteiger partial charge in [-0.1, -0.05) is 24.3 Å². The van der Waals surface area contributed by atoms with Gasteiger partial charge in [-0.15, -0.1) is 5.10 Å². The van der Waals surface area contributed by atoms with Crippen LogP contribution in [0.25, 0.3) is 33.6 Å². The number of nitrogens with one attached hydrogen (secondary N) is 2. The first-order chi connectivity index (χ1) is 25.4. The summed E-state index contributed by atoms with van der Waals surface area (Å²) in [6.45, 7) is 8.02. The number of nitrogens with two attached hydrogens (primary N) is 1. The molecule has 2 aliphatic carbocycles. The van der Waals surface area contributed by atoms with Crippen LogP contribution in [0.2, 0.25) is 0 Å². The number of carbonyl (C=O) groups excluding carboxylic acids is 3. The van der Waals surface area contributed by atoms with Gasteiger partial charge in [-0.05, 0) is 141 Å². The maximum Gasteiger partial charge on any atom is 0.407 e. The van der Waals surface area contributed by atoms with Crippen molar-refractivity contribution in [3.05, 3.63) is 77.7 Å². The van der Waals surface area contributed by atoms with E-state index in [0.29, 0.717) is 36.8 Å². The lowest BCUT2D eigenvalue weighted by molar-refractivity contribution is -0.127. The first-order valence-electron chi connectivity index (χ1n) is 18.4. The van der Waals surface area contributed by atoms with Crippen LogP contribution in [0.4, 0.5) is 10.5 Å². The zero-order chi connectivity index (χ0) is 37.3. The topological polar surface area (TPSA) is 182 Å². The predicted octanol–water partition coefficient (Wildman–Crippen LogP) is 6.62. The van der Waals surface area contributed by atoms with E-state index in [-0.39, 0.29) is 24.2 Å². The Morgan fingerprint density at radius 1 is 0.981 bits per heavy atom. The zero-order valence-electron chi connectivity index (χ0n) is 30.6. The molecular formula is C40H46N8O5. The highest BCUT2D eigenvalue weighted by atomic mass is 16.6. The zero-order valence-corrected chi connectivity index (χ0v) is 30.6. The molecule has 0 saturated heterocycles. The number of ether oxygens (including phenoxy) is 1. The highest BCUT2D eigenvalue weighted by Crippen LogP contribution is 2.41. The van der Waals surface area contributed by atoms with Crippen molar-refractivity contribution in [1.82, 2.24) is 30.9 Å². The molecule has 3 amide bonds. The number of benzene rings is 3. The molecule has 0 aliphatic heterocycles. The highest BCUT2D eigenvalue weighted by Gasteiger charge is 2.36. The summed E-state index contributed by atoms with van der Waals surface area (Å²) in [6, 6.07) is 18.4. The van der Waals surface area contributed by atoms with Gasteiger partial charge >= 0.3 is 6.09 Å². The lowest BCUT2D eigenvalue weighted by Crippen LogP contribution is -2.52. The number of rotatable bonds is 11. The van der Waals surface area contributed by atoms with Gasteiger partial charge in [0.25, 0.3) is 0 Å². The number of anilines is 1. The summed E-state index contributed by atoms with van der Waals surface area (Å²) < 4.78 is 11.4. The predicted molar refractivity (Wildman–Crippen MR) is 200 cm³/mol. The second-order valence-electron chi connectivity index (χ2n) is 15.4. The summed E-state index contributed by atoms with van der Waals surface area (Å²) in [5.41, 5.74) is 12.5. The monoisotopic (exact) mass is 718 g/mol. The smallest absolute Gasteiger partial charge is 0.407 e. The maximum absolute atomic E-state index is 14.5. The molecule has 0 unspecified atom stereocenters. The molecule has 0 spiro atoms. The summed E-state index contributed by atoms with van der Waals surface area (Å²) in [7, 11) is 0. The quantitative estimate of drug-likeness (QED) is 0.135. The van der Waals surface area contributed by atoms with Gasteiger partial charge in [0.1, 0.15) is 17.2 Å². The van der Waals surface area contributed by atoms with Gasteiger partial charge in [0.2, 0.25) is 11.8 Å². The molecule has 53 heavy (non-hydrogen) atoms. The molecule has 0 radical (unpaired) electrons. The van der Waals surface area contributed by atoms with Crippen molar-refractivity contribution >= 4 is 34.7 Å². The number of primary amides is 1. The minimum atomic E-state index is -0.938. The number of alkyl carbamates (subject to hydrolysis) is 1. The van der Waals surface area contributed by atoms with Gasteiger partial charge in [0.05, 0.1) is 0 Å². The van der Waals surface area contributed by atoms with Crippen molar-refractivity contribution in [3.8, 4) is 22.5 Å². The van der Waals surface area contributed by atoms with Gasteiger partial charge in [0.15, 0.2) is 17.3 Å². The number of oxazole rings is 1. The largest absolute Gasteiger partial charge is 0.444 e. The molecular weight excluding hydrogens is 672 g/mol. The third-order valence-corrected chi connectivity index (χ3v) is 10.1. The van der Waals surface area contributed by atoms with Gasteiger partial charge < -0.3 is 20.2 Å². The molecule has 2 aliphatic rings. The van der Waals surface area contributed by atoms with E-state index in [4.69, 9.17) is 19.9 Å². The van der Waals surface area contributed by atoms with Crippen molar-refractivity contribution in [1.29, 1.82) is 0 Å². The second kappa shape index (κ2) is 14.8. The van der Waals surface area contributed by atoms with E-state index in [2.05, 4.69) is 38.9 Å². The number of fused-ring (bicyclic) bond motifs is 1. The normalized spacial score (nSPS) is 18.0. The fraction of sp³-hybridized carbons (Fsp3) is 0.425. The molecule has 276 valence electrons. The number of aromatic amines is 1. The maximum atomic E-state index is 14.5. The number of H-pyrrole nitrogens is 1. The van der Waals surface area contributed by atoms with Crippen LogP contribution in [-0.4, -0.2) is 61.7 Å². The number of hydrogen-bond acceptors (Lipinski definition) is 9. The molecule has 13 heteroatoms. The number of aromatic nitrogens is 5. The molecule has 5 aromatic rings. The molecule has 7 rings (SSSR count). The molecule has 2 fully saturated rings. The van der Waals surface area contributed by atoms with Gasteiger partial charge in [0, 0.05) is 36.1 Å². The Morgan fingerprint density at radius 2 is 1.68 bits per heavy atom. The number of amides is 3. The van der Waals surface area contributed by atoms with E-state index in [1.807, 2.05) is 63.2 Å². The van der Waals surface area contributed by atoms with Crippen molar-refractivity contribution in [2.45, 2.75) is 90.2 Å². The molecule has 0 bridgehead atoms. The molecule has 2 aromatic heterocycles. The Labute approximate surface area is 308 Å². The fourth-order valence-corrected chi connectivity index (χ4v) is 7.15. The summed E-state index contributed by atoms with van der Waals surface area (Å²) in [5, 5.41) is 16.9. The van der Waals surface area contributed by atoms with Crippen LogP contribution in [0.5, 0.6) is 0 Å². The fourth-order valence-electron chi connectivity index (χ4n) is 7.15. The lowest BCUT2D eigenvalue weighted by atomic mass is 9.81. The standard InChI is InChI=1S/C40H46N8O5/c1-23-19-34-32(43-37(52-34)28-13-14-28)21-31(23)26-9-5-24(6-10-26)20-33(35(41)49)48(30-17-15-27(16-18-30)36-44-46-47-45-36)38(50)29-11-7-25(8-12-29)22-42-39(51)53-40(2,3)4/h5-6,9-10,15-19,21,25,28-29,33H,7-8,11-14,20,22H2,1-4H3,(H2,41,49)(H,42,51)(H,44,45,46,47)/t25-,29-,33-/m0/s1. The Kier molecular flexibility index (Phi) is 10.00. The minimum absolute atomic E-state index is 0.153. The number of nitrogens with zero attached hydrogens (tertiary/aromatic N) is 5. The summed E-state index contributed by atoms with van der Waals surface area (Å²) in [4.78, 5) is 46.3. The third-order valence-electron chi connectivity index (χ3n) is 10.1. The molecule has 13 nitrogen and oxygen atoms in total. The second-order valence-corrected chi connectivity index (χ2v) is 15.4. The van der Waals surface area contributed by atoms with Gasteiger partial charge in [-0.3, -0.25) is 14.5 Å². The average Bonchev–Trinajstić information content (AvgIpc) is 3.67. The Morgan fingerprint density at radius 3 is 2.30 bits per heavy atom. The lowest BCUT2D eigenvalue weighted by Gasteiger charge is -2.36. The van der Waals surface area contributed by atoms with Crippen LogP contribution in [0, 0.1) is 18.8 Å². The summed E-state index contributed by atoms with van der Waals surface area (Å²) in [5.74, 6) is 0.887. The Balaban J connectivity index is 1.10. The Hall–Kier alpha value is -5.59. The number of aryl methyl sites for hydroxylation is 1. The summed E-state index contributed by atoms with van der Waals surface area (Å²) >= 11 is 0. The van der Waals surface area contributed by atoms with Crippen LogP contribution < -0.4 is 16.0 Å².